The summed E-state index contributed by atoms with van der Waals surface area (Å²) in [5.41, 5.74) is 2.50. The minimum absolute atomic E-state index is 0.238. The van der Waals surface area contributed by atoms with E-state index in [1.165, 1.54) is 12.1 Å². The van der Waals surface area contributed by atoms with E-state index in [4.69, 9.17) is 23.2 Å². The first-order valence-corrected chi connectivity index (χ1v) is 9.78. The van der Waals surface area contributed by atoms with E-state index in [1.54, 1.807) is 18.3 Å². The zero-order valence-electron chi connectivity index (χ0n) is 15.6. The predicted octanol–water partition coefficient (Wildman–Crippen LogP) is 7.80. The fourth-order valence-electron chi connectivity index (χ4n) is 3.11. The van der Waals surface area contributed by atoms with Crippen LogP contribution in [0.1, 0.15) is 5.56 Å². The van der Waals surface area contributed by atoms with Gasteiger partial charge in [-0.1, -0.05) is 35.3 Å². The minimum atomic E-state index is -4.43. The van der Waals surface area contributed by atoms with Crippen molar-refractivity contribution in [2.75, 3.05) is 10.6 Å². The SMILES string of the molecule is O=C(Nc1ccc(C(F)(F)F)cc1)Nc1c[nH]c2ccc(-c3ccc(Cl)c(Cl)c3)cc12. The lowest BCUT2D eigenvalue weighted by atomic mass is 10.0. The lowest BCUT2D eigenvalue weighted by Gasteiger charge is -2.10. The largest absolute Gasteiger partial charge is 0.416 e. The van der Waals surface area contributed by atoms with E-state index < -0.39 is 17.8 Å². The van der Waals surface area contributed by atoms with Gasteiger partial charge in [0.25, 0.3) is 0 Å². The van der Waals surface area contributed by atoms with E-state index in [0.717, 1.165) is 34.2 Å². The number of urea groups is 1. The maximum Gasteiger partial charge on any atom is 0.416 e. The first kappa shape index (κ1) is 21.1. The fourth-order valence-corrected chi connectivity index (χ4v) is 3.40. The Morgan fingerprint density at radius 2 is 1.52 bits per heavy atom. The molecule has 158 valence electrons. The number of aromatic amines is 1. The molecule has 0 saturated carbocycles. The molecule has 3 aromatic carbocycles. The van der Waals surface area contributed by atoms with Crippen LogP contribution in [0.4, 0.5) is 29.3 Å². The molecule has 0 radical (unpaired) electrons. The molecular weight excluding hydrogens is 450 g/mol. The van der Waals surface area contributed by atoms with Crippen LogP contribution in [0.15, 0.2) is 66.9 Å². The third kappa shape index (κ3) is 4.62. The van der Waals surface area contributed by atoms with Gasteiger partial charge >= 0.3 is 12.2 Å². The van der Waals surface area contributed by atoms with Crippen LogP contribution in [0.2, 0.25) is 10.0 Å². The van der Waals surface area contributed by atoms with Crippen molar-refractivity contribution in [2.45, 2.75) is 6.18 Å². The summed E-state index contributed by atoms with van der Waals surface area (Å²) >= 11 is 12.1. The molecule has 0 bridgehead atoms. The van der Waals surface area contributed by atoms with Crippen LogP contribution < -0.4 is 10.6 Å². The Labute approximate surface area is 185 Å². The van der Waals surface area contributed by atoms with Gasteiger partial charge in [0.05, 0.1) is 21.3 Å². The quantitative estimate of drug-likeness (QED) is 0.285. The van der Waals surface area contributed by atoms with Gasteiger partial charge in [-0.3, -0.25) is 0 Å². The van der Waals surface area contributed by atoms with E-state index in [-0.39, 0.29) is 5.69 Å². The Balaban J connectivity index is 1.54. The number of H-pyrrole nitrogens is 1. The smallest absolute Gasteiger partial charge is 0.359 e. The number of carbonyl (C=O) groups excluding carboxylic acids is 1. The van der Waals surface area contributed by atoms with Crippen molar-refractivity contribution < 1.29 is 18.0 Å². The van der Waals surface area contributed by atoms with Crippen molar-refractivity contribution >= 4 is 51.5 Å². The zero-order chi connectivity index (χ0) is 22.2. The Kier molecular flexibility index (Phi) is 5.56. The lowest BCUT2D eigenvalue weighted by molar-refractivity contribution is -0.137. The van der Waals surface area contributed by atoms with Gasteiger partial charge in [0.2, 0.25) is 0 Å². The molecule has 1 aromatic heterocycles. The number of halogens is 5. The van der Waals surface area contributed by atoms with Crippen LogP contribution >= 0.6 is 23.2 Å². The molecule has 0 atom stereocenters. The average Bonchev–Trinajstić information content (AvgIpc) is 3.11. The molecule has 4 rings (SSSR count). The van der Waals surface area contributed by atoms with Gasteiger partial charge in [0.1, 0.15) is 0 Å². The first-order chi connectivity index (χ1) is 14.7. The van der Waals surface area contributed by atoms with Gasteiger partial charge < -0.3 is 15.6 Å². The van der Waals surface area contributed by atoms with Crippen LogP contribution in [-0.2, 0) is 6.18 Å². The normalized spacial score (nSPS) is 11.5. The van der Waals surface area contributed by atoms with Gasteiger partial charge in [-0.05, 0) is 59.7 Å². The van der Waals surface area contributed by atoms with Gasteiger partial charge in [0.15, 0.2) is 0 Å². The maximum absolute atomic E-state index is 12.7. The number of fused-ring (bicyclic) bond motifs is 1. The number of benzene rings is 3. The highest BCUT2D eigenvalue weighted by atomic mass is 35.5. The molecule has 31 heavy (non-hydrogen) atoms. The number of amides is 2. The lowest BCUT2D eigenvalue weighted by Crippen LogP contribution is -2.19. The highest BCUT2D eigenvalue weighted by Crippen LogP contribution is 2.33. The van der Waals surface area contributed by atoms with E-state index in [1.807, 2.05) is 24.3 Å². The highest BCUT2D eigenvalue weighted by Gasteiger charge is 2.30. The number of nitrogens with one attached hydrogen (secondary N) is 3. The maximum atomic E-state index is 12.7. The summed E-state index contributed by atoms with van der Waals surface area (Å²) in [7, 11) is 0. The number of hydrogen-bond donors (Lipinski definition) is 3. The van der Waals surface area contributed by atoms with Gasteiger partial charge in [-0.25, -0.2) is 4.79 Å². The summed E-state index contributed by atoms with van der Waals surface area (Å²) < 4.78 is 38.0. The predicted molar refractivity (Wildman–Crippen MR) is 118 cm³/mol. The van der Waals surface area contributed by atoms with Crippen molar-refractivity contribution in [1.82, 2.24) is 4.98 Å². The van der Waals surface area contributed by atoms with Crippen LogP contribution in [0, 0.1) is 0 Å². The molecule has 1 heterocycles. The summed E-state index contributed by atoms with van der Waals surface area (Å²) in [6.07, 6.45) is -2.80. The summed E-state index contributed by atoms with van der Waals surface area (Å²) in [4.78, 5) is 15.4. The second kappa shape index (κ2) is 8.17. The molecule has 0 saturated heterocycles. The molecule has 4 nitrogen and oxygen atoms in total. The van der Waals surface area contributed by atoms with Crippen LogP contribution in [0.5, 0.6) is 0 Å². The summed E-state index contributed by atoms with van der Waals surface area (Å²) in [6, 6.07) is 14.6. The molecule has 0 aliphatic rings. The van der Waals surface area contributed by atoms with Crippen molar-refractivity contribution in [3.05, 3.63) is 82.5 Å². The monoisotopic (exact) mass is 463 g/mol. The van der Waals surface area contributed by atoms with Gasteiger partial charge in [-0.15, -0.1) is 0 Å². The Bertz CT molecular complexity index is 1270. The number of aromatic nitrogens is 1. The van der Waals surface area contributed by atoms with E-state index >= 15 is 0 Å². The molecule has 0 spiro atoms. The molecule has 4 aromatic rings. The topological polar surface area (TPSA) is 56.9 Å². The molecule has 0 aliphatic carbocycles. The van der Waals surface area contributed by atoms with Crippen molar-refractivity contribution in [3.8, 4) is 11.1 Å². The third-order valence-electron chi connectivity index (χ3n) is 4.65. The Morgan fingerprint density at radius 1 is 0.839 bits per heavy atom. The number of rotatable bonds is 3. The number of hydrogen-bond acceptors (Lipinski definition) is 1. The molecular formula is C22H14Cl2F3N3O. The number of carbonyl (C=O) groups is 1. The van der Waals surface area contributed by atoms with Crippen LogP contribution in [0.3, 0.4) is 0 Å². The van der Waals surface area contributed by atoms with Crippen molar-refractivity contribution in [2.24, 2.45) is 0 Å². The molecule has 9 heteroatoms. The molecule has 0 unspecified atom stereocenters. The van der Waals surface area contributed by atoms with E-state index in [2.05, 4.69) is 15.6 Å². The fraction of sp³-hybridized carbons (Fsp3) is 0.0455. The summed E-state index contributed by atoms with van der Waals surface area (Å²) in [5, 5.41) is 6.87. The number of anilines is 2. The third-order valence-corrected chi connectivity index (χ3v) is 5.39. The van der Waals surface area contributed by atoms with Crippen LogP contribution in [0.25, 0.3) is 22.0 Å². The van der Waals surface area contributed by atoms with E-state index in [0.29, 0.717) is 15.7 Å². The number of alkyl halides is 3. The van der Waals surface area contributed by atoms with E-state index in [9.17, 15) is 18.0 Å². The van der Waals surface area contributed by atoms with Crippen molar-refractivity contribution in [1.29, 1.82) is 0 Å². The van der Waals surface area contributed by atoms with Gasteiger partial charge in [0, 0.05) is 22.8 Å². The zero-order valence-corrected chi connectivity index (χ0v) is 17.2. The summed E-state index contributed by atoms with van der Waals surface area (Å²) in [5.74, 6) is 0. The second-order valence-electron chi connectivity index (χ2n) is 6.75. The molecule has 2 amide bonds. The second-order valence-corrected chi connectivity index (χ2v) is 7.56. The first-order valence-electron chi connectivity index (χ1n) is 9.02. The Hall–Kier alpha value is -3.16. The molecule has 3 N–H and O–H groups in total. The summed E-state index contributed by atoms with van der Waals surface area (Å²) in [6.45, 7) is 0. The van der Waals surface area contributed by atoms with Gasteiger partial charge in [-0.2, -0.15) is 13.2 Å². The van der Waals surface area contributed by atoms with Crippen LogP contribution in [-0.4, -0.2) is 11.0 Å². The average molecular weight is 464 g/mol. The van der Waals surface area contributed by atoms with Crippen molar-refractivity contribution in [3.63, 3.8) is 0 Å². The molecule has 0 fully saturated rings. The minimum Gasteiger partial charge on any atom is -0.359 e. The molecule has 0 aliphatic heterocycles. The standard InChI is InChI=1S/C22H14Cl2F3N3O/c23-17-7-1-13(10-18(17)24)12-2-8-19-16(9-12)20(11-28-19)30-21(31)29-15-5-3-14(4-6-15)22(25,26)27/h1-11,28H,(H2,29,30,31). The highest BCUT2D eigenvalue weighted by molar-refractivity contribution is 6.42. The Morgan fingerprint density at radius 3 is 2.19 bits per heavy atom.